The minimum Gasteiger partial charge on any atom is -0.493 e. The van der Waals surface area contributed by atoms with Crippen LogP contribution in [0, 0.1) is 5.92 Å². The molecule has 8 heteroatoms. The van der Waals surface area contributed by atoms with E-state index < -0.39 is 0 Å². The van der Waals surface area contributed by atoms with Gasteiger partial charge < -0.3 is 25.6 Å². The van der Waals surface area contributed by atoms with Gasteiger partial charge >= 0.3 is 6.03 Å². The lowest BCUT2D eigenvalue weighted by Gasteiger charge is -2.17. The van der Waals surface area contributed by atoms with Crippen molar-refractivity contribution in [2.45, 2.75) is 38.8 Å². The second-order valence-corrected chi connectivity index (χ2v) is 8.47. The van der Waals surface area contributed by atoms with Crippen LogP contribution in [0.25, 0.3) is 0 Å². The van der Waals surface area contributed by atoms with E-state index in [0.29, 0.717) is 19.0 Å². The number of amides is 2. The molecular weight excluding hydrogens is 529 g/mol. The number of guanidine groups is 1. The van der Waals surface area contributed by atoms with Gasteiger partial charge in [-0.2, -0.15) is 0 Å². The average Bonchev–Trinajstić information content (AvgIpc) is 3.48. The maximum Gasteiger partial charge on any atom is 0.321 e. The van der Waals surface area contributed by atoms with Crippen molar-refractivity contribution >= 4 is 41.7 Å². The van der Waals surface area contributed by atoms with E-state index >= 15 is 0 Å². The molecule has 1 heterocycles. The van der Waals surface area contributed by atoms with Gasteiger partial charge in [0.15, 0.2) is 5.96 Å². The quantitative estimate of drug-likeness (QED) is 0.250. The molecule has 0 spiro atoms. The summed E-state index contributed by atoms with van der Waals surface area (Å²) < 4.78 is 6.00. The van der Waals surface area contributed by atoms with Crippen molar-refractivity contribution in [3.8, 4) is 5.75 Å². The minimum atomic E-state index is -0.0207. The second kappa shape index (κ2) is 12.7. The van der Waals surface area contributed by atoms with Crippen LogP contribution in [0.3, 0.4) is 0 Å². The summed E-state index contributed by atoms with van der Waals surface area (Å²) >= 11 is 0. The van der Waals surface area contributed by atoms with Gasteiger partial charge in [-0.1, -0.05) is 30.3 Å². The second-order valence-electron chi connectivity index (χ2n) is 8.47. The summed E-state index contributed by atoms with van der Waals surface area (Å²) in [4.78, 5) is 18.5. The molecule has 2 aliphatic rings. The standard InChI is InChI=1S/C25H33N5O2.HI/c1-26-24(28-17-21-8-2-3-10-23(21)32-18-19-11-12-19)27-16-20-7-6-9-22(15-20)29-25(31)30-13-4-5-14-30;/h2-3,6-10,15,19H,4-5,11-14,16-18H2,1H3,(H,29,31)(H2,26,27,28);1H. The zero-order chi connectivity index (χ0) is 22.2. The highest BCUT2D eigenvalue weighted by molar-refractivity contribution is 14.0. The van der Waals surface area contributed by atoms with Crippen LogP contribution in [0.1, 0.15) is 36.8 Å². The number of urea groups is 1. The zero-order valence-electron chi connectivity index (χ0n) is 19.2. The number of carbonyl (C=O) groups excluding carboxylic acids is 1. The van der Waals surface area contributed by atoms with Gasteiger partial charge in [0.05, 0.1) is 6.61 Å². The number of aliphatic imine (C=N–C) groups is 1. The zero-order valence-corrected chi connectivity index (χ0v) is 21.5. The largest absolute Gasteiger partial charge is 0.493 e. The smallest absolute Gasteiger partial charge is 0.321 e. The summed E-state index contributed by atoms with van der Waals surface area (Å²) in [5.74, 6) is 2.37. The normalized spacial score (nSPS) is 15.5. The first kappa shape index (κ1) is 25.1. The molecule has 7 nitrogen and oxygen atoms in total. The third-order valence-electron chi connectivity index (χ3n) is 5.85. The Morgan fingerprint density at radius 2 is 1.82 bits per heavy atom. The van der Waals surface area contributed by atoms with E-state index in [0.717, 1.165) is 61.0 Å². The van der Waals surface area contributed by atoms with Gasteiger partial charge in [-0.25, -0.2) is 4.79 Å². The molecule has 2 amide bonds. The van der Waals surface area contributed by atoms with Crippen molar-refractivity contribution in [3.63, 3.8) is 0 Å². The van der Waals surface area contributed by atoms with Crippen molar-refractivity contribution in [1.29, 1.82) is 0 Å². The Kier molecular flexibility index (Phi) is 9.65. The molecule has 2 aromatic carbocycles. The van der Waals surface area contributed by atoms with Gasteiger partial charge in [-0.3, -0.25) is 4.99 Å². The number of benzene rings is 2. The first-order valence-electron chi connectivity index (χ1n) is 11.5. The Balaban J connectivity index is 0.00000306. The summed E-state index contributed by atoms with van der Waals surface area (Å²) in [7, 11) is 1.76. The maximum absolute atomic E-state index is 12.3. The van der Waals surface area contributed by atoms with Gasteiger partial charge in [-0.15, -0.1) is 24.0 Å². The summed E-state index contributed by atoms with van der Waals surface area (Å²) in [5.41, 5.74) is 2.99. The van der Waals surface area contributed by atoms with Crippen LogP contribution in [0.2, 0.25) is 0 Å². The monoisotopic (exact) mass is 563 g/mol. The number of hydrogen-bond donors (Lipinski definition) is 3. The van der Waals surface area contributed by atoms with Crippen LogP contribution in [-0.4, -0.2) is 43.6 Å². The van der Waals surface area contributed by atoms with E-state index in [1.165, 1.54) is 12.8 Å². The third-order valence-corrected chi connectivity index (χ3v) is 5.85. The van der Waals surface area contributed by atoms with Gasteiger partial charge in [0.25, 0.3) is 0 Å². The third kappa shape index (κ3) is 7.80. The van der Waals surface area contributed by atoms with Crippen molar-refractivity contribution in [2.24, 2.45) is 10.9 Å². The minimum absolute atomic E-state index is 0. The number of halogens is 1. The molecule has 1 aliphatic carbocycles. The molecule has 0 aromatic heterocycles. The van der Waals surface area contributed by atoms with Crippen molar-refractivity contribution in [2.75, 3.05) is 32.1 Å². The number of para-hydroxylation sites is 1. The number of anilines is 1. The first-order chi connectivity index (χ1) is 15.7. The van der Waals surface area contributed by atoms with Crippen LogP contribution in [0.5, 0.6) is 5.75 Å². The predicted molar refractivity (Wildman–Crippen MR) is 143 cm³/mol. The molecule has 33 heavy (non-hydrogen) atoms. The highest BCUT2D eigenvalue weighted by Crippen LogP contribution is 2.30. The summed E-state index contributed by atoms with van der Waals surface area (Å²) in [5, 5.41) is 9.71. The van der Waals surface area contributed by atoms with Crippen molar-refractivity contribution < 1.29 is 9.53 Å². The van der Waals surface area contributed by atoms with Gasteiger partial charge in [0, 0.05) is 44.5 Å². The Bertz CT molecular complexity index is 942. The van der Waals surface area contributed by atoms with Gasteiger partial charge in [0.1, 0.15) is 5.75 Å². The van der Waals surface area contributed by atoms with E-state index in [9.17, 15) is 4.79 Å². The summed E-state index contributed by atoms with van der Waals surface area (Å²) in [6.07, 6.45) is 4.72. The molecule has 0 atom stereocenters. The molecular formula is C25H34IN5O2. The Labute approximate surface area is 213 Å². The van der Waals surface area contributed by atoms with Crippen LogP contribution in [0.15, 0.2) is 53.5 Å². The molecule has 1 saturated heterocycles. The van der Waals surface area contributed by atoms with E-state index in [1.807, 2.05) is 47.4 Å². The van der Waals surface area contributed by atoms with E-state index in [1.54, 1.807) is 7.05 Å². The average molecular weight is 563 g/mol. The fourth-order valence-corrected chi connectivity index (χ4v) is 3.75. The number of likely N-dealkylation sites (tertiary alicyclic amines) is 1. The van der Waals surface area contributed by atoms with E-state index in [2.05, 4.69) is 27.0 Å². The molecule has 0 bridgehead atoms. The Morgan fingerprint density at radius 3 is 2.58 bits per heavy atom. The Hall–Kier alpha value is -2.49. The molecule has 2 fully saturated rings. The molecule has 1 aliphatic heterocycles. The molecule has 0 radical (unpaired) electrons. The molecule has 0 unspecified atom stereocenters. The molecule has 2 aromatic rings. The number of ether oxygens (including phenoxy) is 1. The topological polar surface area (TPSA) is 78.0 Å². The van der Waals surface area contributed by atoms with Crippen molar-refractivity contribution in [3.05, 3.63) is 59.7 Å². The first-order valence-corrected chi connectivity index (χ1v) is 11.5. The molecule has 4 rings (SSSR count). The lowest BCUT2D eigenvalue weighted by Crippen LogP contribution is -2.36. The number of carbonyl (C=O) groups is 1. The van der Waals surface area contributed by atoms with Crippen LogP contribution >= 0.6 is 24.0 Å². The van der Waals surface area contributed by atoms with E-state index in [-0.39, 0.29) is 30.0 Å². The number of hydrogen-bond acceptors (Lipinski definition) is 3. The highest BCUT2D eigenvalue weighted by Gasteiger charge is 2.22. The SMILES string of the molecule is CN=C(NCc1cccc(NC(=O)N2CCCC2)c1)NCc1ccccc1OCC1CC1.I. The molecule has 1 saturated carbocycles. The van der Waals surface area contributed by atoms with Crippen LogP contribution in [0.4, 0.5) is 10.5 Å². The van der Waals surface area contributed by atoms with Crippen molar-refractivity contribution in [1.82, 2.24) is 15.5 Å². The fraction of sp³-hybridized carbons (Fsp3) is 0.440. The van der Waals surface area contributed by atoms with Crippen LogP contribution < -0.4 is 20.7 Å². The maximum atomic E-state index is 12.3. The lowest BCUT2D eigenvalue weighted by atomic mass is 10.2. The summed E-state index contributed by atoms with van der Waals surface area (Å²) in [6, 6.07) is 16.0. The molecule has 3 N–H and O–H groups in total. The van der Waals surface area contributed by atoms with Gasteiger partial charge in [-0.05, 0) is 55.4 Å². The Morgan fingerprint density at radius 1 is 1.06 bits per heavy atom. The number of nitrogens with zero attached hydrogens (tertiary/aromatic N) is 2. The number of nitrogens with one attached hydrogen (secondary N) is 3. The fourth-order valence-electron chi connectivity index (χ4n) is 3.75. The van der Waals surface area contributed by atoms with E-state index in [4.69, 9.17) is 4.74 Å². The van der Waals surface area contributed by atoms with Gasteiger partial charge in [0.2, 0.25) is 0 Å². The number of rotatable bonds is 8. The van der Waals surface area contributed by atoms with Crippen LogP contribution in [-0.2, 0) is 13.1 Å². The summed E-state index contributed by atoms with van der Waals surface area (Å²) in [6.45, 7) is 3.71. The lowest BCUT2D eigenvalue weighted by molar-refractivity contribution is 0.222. The molecule has 178 valence electrons. The predicted octanol–water partition coefficient (Wildman–Crippen LogP) is 4.59. The highest BCUT2D eigenvalue weighted by atomic mass is 127.